The first-order valence-corrected chi connectivity index (χ1v) is 5.76. The predicted molar refractivity (Wildman–Crippen MR) is 73.6 cm³/mol. The number of benzene rings is 1. The zero-order chi connectivity index (χ0) is 12.7. The molecule has 0 aliphatic rings. The van der Waals surface area contributed by atoms with Gasteiger partial charge >= 0.3 is 0 Å². The highest BCUT2D eigenvalue weighted by molar-refractivity contribution is 6.07. The number of aromatic amines is 1. The summed E-state index contributed by atoms with van der Waals surface area (Å²) < 4.78 is 2.01. The standard InChI is InChI=1S/C15H12N2O/c1-3-8-17-12-7-5-4-6-11(12)14-13(17)9-10(2)16-15(14)18/h1,4-7,9H,8H2,2H3,(H,16,18). The van der Waals surface area contributed by atoms with Crippen LogP contribution in [-0.2, 0) is 6.54 Å². The van der Waals surface area contributed by atoms with Gasteiger partial charge in [0, 0.05) is 11.1 Å². The maximum atomic E-state index is 12.1. The van der Waals surface area contributed by atoms with Crippen LogP contribution in [0.25, 0.3) is 21.8 Å². The largest absolute Gasteiger partial charge is 0.328 e. The molecule has 0 aliphatic heterocycles. The van der Waals surface area contributed by atoms with E-state index in [0.29, 0.717) is 11.9 Å². The van der Waals surface area contributed by atoms with Gasteiger partial charge in [-0.2, -0.15) is 0 Å². The summed E-state index contributed by atoms with van der Waals surface area (Å²) in [4.78, 5) is 15.0. The fourth-order valence-electron chi connectivity index (χ4n) is 2.46. The third kappa shape index (κ3) is 1.36. The van der Waals surface area contributed by atoms with Crippen LogP contribution in [0.15, 0.2) is 35.1 Å². The van der Waals surface area contributed by atoms with E-state index in [1.165, 1.54) is 0 Å². The lowest BCUT2D eigenvalue weighted by Crippen LogP contribution is -2.07. The Morgan fingerprint density at radius 2 is 2.11 bits per heavy atom. The molecule has 0 saturated heterocycles. The predicted octanol–water partition coefficient (Wildman–Crippen LogP) is 2.42. The Labute approximate surface area is 104 Å². The minimum Gasteiger partial charge on any atom is -0.328 e. The highest BCUT2D eigenvalue weighted by Gasteiger charge is 2.12. The Balaban J connectivity index is 2.63. The molecule has 2 heterocycles. The summed E-state index contributed by atoms with van der Waals surface area (Å²) in [5.74, 6) is 2.64. The molecule has 0 bridgehead atoms. The molecule has 0 radical (unpaired) electrons. The van der Waals surface area contributed by atoms with E-state index in [0.717, 1.165) is 22.1 Å². The quantitative estimate of drug-likeness (QED) is 0.647. The molecule has 2 aromatic heterocycles. The van der Waals surface area contributed by atoms with Gasteiger partial charge in [0.1, 0.15) is 0 Å². The van der Waals surface area contributed by atoms with Crippen molar-refractivity contribution >= 4 is 21.8 Å². The summed E-state index contributed by atoms with van der Waals surface area (Å²) in [6, 6.07) is 9.79. The molecule has 0 unspecified atom stereocenters. The molecule has 1 aromatic carbocycles. The van der Waals surface area contributed by atoms with Crippen LogP contribution in [0.4, 0.5) is 0 Å². The number of aromatic nitrogens is 2. The Hall–Kier alpha value is -2.47. The summed E-state index contributed by atoms with van der Waals surface area (Å²) in [7, 11) is 0. The van der Waals surface area contributed by atoms with Crippen LogP contribution < -0.4 is 5.56 Å². The Morgan fingerprint density at radius 3 is 2.89 bits per heavy atom. The summed E-state index contributed by atoms with van der Waals surface area (Å²) in [5.41, 5.74) is 2.68. The number of rotatable bonds is 1. The molecule has 0 aliphatic carbocycles. The first-order valence-electron chi connectivity index (χ1n) is 5.76. The van der Waals surface area contributed by atoms with Gasteiger partial charge in [-0.25, -0.2) is 0 Å². The van der Waals surface area contributed by atoms with Gasteiger partial charge in [0.15, 0.2) is 0 Å². The van der Waals surface area contributed by atoms with Crippen LogP contribution in [0.1, 0.15) is 5.69 Å². The second-order valence-electron chi connectivity index (χ2n) is 4.35. The number of H-pyrrole nitrogens is 1. The van der Waals surface area contributed by atoms with Gasteiger partial charge in [-0.3, -0.25) is 4.79 Å². The van der Waals surface area contributed by atoms with Crippen LogP contribution in [0.5, 0.6) is 0 Å². The van der Waals surface area contributed by atoms with Crippen LogP contribution >= 0.6 is 0 Å². The Morgan fingerprint density at radius 1 is 1.33 bits per heavy atom. The van der Waals surface area contributed by atoms with E-state index in [4.69, 9.17) is 6.42 Å². The molecule has 18 heavy (non-hydrogen) atoms. The summed E-state index contributed by atoms with van der Waals surface area (Å²) in [6.07, 6.45) is 5.42. The van der Waals surface area contributed by atoms with Crippen molar-refractivity contribution in [1.82, 2.24) is 9.55 Å². The summed E-state index contributed by atoms with van der Waals surface area (Å²) in [5, 5.41) is 1.66. The fourth-order valence-corrected chi connectivity index (χ4v) is 2.46. The number of pyridine rings is 1. The highest BCUT2D eigenvalue weighted by Crippen LogP contribution is 2.26. The molecule has 0 spiro atoms. The van der Waals surface area contributed by atoms with Crippen molar-refractivity contribution in [2.45, 2.75) is 13.5 Å². The first kappa shape index (κ1) is 10.7. The highest BCUT2D eigenvalue weighted by atomic mass is 16.1. The fraction of sp³-hybridized carbons (Fsp3) is 0.133. The van der Waals surface area contributed by atoms with Gasteiger partial charge < -0.3 is 9.55 Å². The van der Waals surface area contributed by atoms with E-state index in [2.05, 4.69) is 10.9 Å². The number of nitrogens with one attached hydrogen (secondary N) is 1. The number of nitrogens with zero attached hydrogens (tertiary/aromatic N) is 1. The topological polar surface area (TPSA) is 37.8 Å². The molecule has 0 fully saturated rings. The van der Waals surface area contributed by atoms with Crippen molar-refractivity contribution < 1.29 is 0 Å². The van der Waals surface area contributed by atoms with Gasteiger partial charge in [-0.15, -0.1) is 6.42 Å². The molecule has 0 amide bonds. The van der Waals surface area contributed by atoms with Crippen molar-refractivity contribution in [2.24, 2.45) is 0 Å². The van der Waals surface area contributed by atoms with Crippen LogP contribution in [-0.4, -0.2) is 9.55 Å². The molecule has 1 N–H and O–H groups in total. The first-order chi connectivity index (χ1) is 8.72. The van der Waals surface area contributed by atoms with E-state index in [-0.39, 0.29) is 5.56 Å². The van der Waals surface area contributed by atoms with Crippen molar-refractivity contribution in [3.8, 4) is 12.3 Å². The number of aryl methyl sites for hydroxylation is 1. The minimum absolute atomic E-state index is 0.0584. The van der Waals surface area contributed by atoms with Crippen molar-refractivity contribution in [3.05, 3.63) is 46.4 Å². The number of fused-ring (bicyclic) bond motifs is 3. The zero-order valence-electron chi connectivity index (χ0n) is 10.0. The Bertz CT molecular complexity index is 846. The Kier molecular flexibility index (Phi) is 2.24. The number of para-hydroxylation sites is 1. The van der Waals surface area contributed by atoms with Gasteiger partial charge in [0.05, 0.1) is 23.0 Å². The SMILES string of the molecule is C#CCn1c2ccccc2c2c(=O)[nH]c(C)cc21. The zero-order valence-corrected chi connectivity index (χ0v) is 10.0. The maximum absolute atomic E-state index is 12.1. The molecule has 0 atom stereocenters. The third-order valence-corrected chi connectivity index (χ3v) is 3.15. The molecule has 3 nitrogen and oxygen atoms in total. The molecule has 0 saturated carbocycles. The van der Waals surface area contributed by atoms with E-state index >= 15 is 0 Å². The second kappa shape index (κ2) is 3.78. The monoisotopic (exact) mass is 236 g/mol. The lowest BCUT2D eigenvalue weighted by atomic mass is 10.2. The molecule has 88 valence electrons. The molecular weight excluding hydrogens is 224 g/mol. The number of terminal acetylenes is 1. The lowest BCUT2D eigenvalue weighted by molar-refractivity contribution is 0.921. The van der Waals surface area contributed by atoms with E-state index in [9.17, 15) is 4.79 Å². The maximum Gasteiger partial charge on any atom is 0.258 e. The van der Waals surface area contributed by atoms with Crippen LogP contribution in [0.2, 0.25) is 0 Å². The number of hydrogen-bond acceptors (Lipinski definition) is 1. The normalized spacial score (nSPS) is 10.9. The van der Waals surface area contributed by atoms with Gasteiger partial charge in [0.25, 0.3) is 5.56 Å². The summed E-state index contributed by atoms with van der Waals surface area (Å²) in [6.45, 7) is 2.34. The third-order valence-electron chi connectivity index (χ3n) is 3.15. The molecule has 3 aromatic rings. The van der Waals surface area contributed by atoms with E-state index < -0.39 is 0 Å². The molecule has 3 rings (SSSR count). The molecule has 3 heteroatoms. The smallest absolute Gasteiger partial charge is 0.258 e. The van der Waals surface area contributed by atoms with Crippen molar-refractivity contribution in [3.63, 3.8) is 0 Å². The average Bonchev–Trinajstić information content (AvgIpc) is 2.65. The second-order valence-corrected chi connectivity index (χ2v) is 4.35. The van der Waals surface area contributed by atoms with E-state index in [1.54, 1.807) is 0 Å². The lowest BCUT2D eigenvalue weighted by Gasteiger charge is -2.02. The average molecular weight is 236 g/mol. The van der Waals surface area contributed by atoms with E-state index in [1.807, 2.05) is 41.8 Å². The van der Waals surface area contributed by atoms with Crippen LogP contribution in [0, 0.1) is 19.3 Å². The van der Waals surface area contributed by atoms with Crippen LogP contribution in [0.3, 0.4) is 0 Å². The summed E-state index contributed by atoms with van der Waals surface area (Å²) >= 11 is 0. The minimum atomic E-state index is -0.0584. The van der Waals surface area contributed by atoms with Crippen molar-refractivity contribution in [1.29, 1.82) is 0 Å². The van der Waals surface area contributed by atoms with Gasteiger partial charge in [0.2, 0.25) is 0 Å². The molecular formula is C15H12N2O. The van der Waals surface area contributed by atoms with Gasteiger partial charge in [-0.05, 0) is 19.1 Å². The van der Waals surface area contributed by atoms with Gasteiger partial charge in [-0.1, -0.05) is 24.1 Å². The number of hydrogen-bond donors (Lipinski definition) is 1. The van der Waals surface area contributed by atoms with Crippen molar-refractivity contribution in [2.75, 3.05) is 0 Å².